The average molecular weight is 272 g/mol. The third kappa shape index (κ3) is 6.25. The third-order valence-corrected chi connectivity index (χ3v) is 3.65. The molecule has 0 aromatic carbocycles. The fraction of sp³-hybridized carbons (Fsp3) is 0.929. The first kappa shape index (κ1) is 16.2. The second-order valence-electron chi connectivity index (χ2n) is 5.38. The molecule has 112 valence electrons. The number of ether oxygens (including phenoxy) is 1. The van der Waals surface area contributed by atoms with Crippen LogP contribution < -0.4 is 0 Å². The molecule has 0 aliphatic carbocycles. The molecule has 1 N–H and O–H groups in total. The van der Waals surface area contributed by atoms with E-state index in [9.17, 15) is 4.79 Å². The Morgan fingerprint density at radius 1 is 1.42 bits per heavy atom. The van der Waals surface area contributed by atoms with E-state index in [1.54, 1.807) is 4.90 Å². The molecule has 1 fully saturated rings. The van der Waals surface area contributed by atoms with Crippen molar-refractivity contribution >= 4 is 6.09 Å². The zero-order chi connectivity index (χ0) is 14.1. The molecule has 0 spiro atoms. The summed E-state index contributed by atoms with van der Waals surface area (Å²) in [7, 11) is 2.18. The quantitative estimate of drug-likeness (QED) is 0.764. The highest BCUT2D eigenvalue weighted by molar-refractivity contribution is 5.67. The number of carbonyl (C=O) groups is 1. The number of unbranched alkanes of at least 4 members (excludes halogenated alkanes) is 1. The van der Waals surface area contributed by atoms with E-state index in [4.69, 9.17) is 9.84 Å². The van der Waals surface area contributed by atoms with Crippen LogP contribution in [-0.4, -0.2) is 67.4 Å². The highest BCUT2D eigenvalue weighted by Gasteiger charge is 2.24. The van der Waals surface area contributed by atoms with E-state index in [-0.39, 0.29) is 19.3 Å². The zero-order valence-electron chi connectivity index (χ0n) is 12.3. The van der Waals surface area contributed by atoms with Gasteiger partial charge in [0.05, 0.1) is 6.61 Å². The van der Waals surface area contributed by atoms with E-state index in [0.717, 1.165) is 39.0 Å². The number of carbonyl (C=O) groups excluding carboxylic acids is 1. The largest absolute Gasteiger partial charge is 0.447 e. The van der Waals surface area contributed by atoms with Gasteiger partial charge in [0.25, 0.3) is 0 Å². The van der Waals surface area contributed by atoms with Gasteiger partial charge in [-0.05, 0) is 38.8 Å². The molecule has 5 nitrogen and oxygen atoms in total. The van der Waals surface area contributed by atoms with E-state index >= 15 is 0 Å². The summed E-state index contributed by atoms with van der Waals surface area (Å²) in [5, 5.41) is 8.62. The van der Waals surface area contributed by atoms with Gasteiger partial charge in [-0.2, -0.15) is 0 Å². The lowest BCUT2D eigenvalue weighted by Gasteiger charge is -2.33. The molecule has 5 heteroatoms. The molecule has 1 heterocycles. The van der Waals surface area contributed by atoms with Gasteiger partial charge in [-0.3, -0.25) is 0 Å². The lowest BCUT2D eigenvalue weighted by Crippen LogP contribution is -2.41. The second-order valence-corrected chi connectivity index (χ2v) is 5.38. The van der Waals surface area contributed by atoms with Crippen LogP contribution in [0.5, 0.6) is 0 Å². The summed E-state index contributed by atoms with van der Waals surface area (Å²) in [5.74, 6) is 0.684. The minimum absolute atomic E-state index is 0.0958. The molecular weight excluding hydrogens is 244 g/mol. The number of hydrogen-bond donors (Lipinski definition) is 1. The summed E-state index contributed by atoms with van der Waals surface area (Å²) in [6.45, 7) is 6.04. The topological polar surface area (TPSA) is 53.0 Å². The molecule has 1 amide bonds. The summed E-state index contributed by atoms with van der Waals surface area (Å²) in [5.41, 5.74) is 0. The summed E-state index contributed by atoms with van der Waals surface area (Å²) in [6.07, 6.45) is 4.30. The Hall–Kier alpha value is -0.810. The van der Waals surface area contributed by atoms with Gasteiger partial charge in [0, 0.05) is 19.6 Å². The molecule has 0 bridgehead atoms. The lowest BCUT2D eigenvalue weighted by molar-refractivity contribution is 0.0700. The molecule has 0 aromatic heterocycles. The number of amides is 1. The van der Waals surface area contributed by atoms with Crippen molar-refractivity contribution in [2.75, 3.05) is 46.4 Å². The van der Waals surface area contributed by atoms with Gasteiger partial charge in [-0.25, -0.2) is 4.79 Å². The molecule has 0 radical (unpaired) electrons. The van der Waals surface area contributed by atoms with Gasteiger partial charge in [0.15, 0.2) is 0 Å². The van der Waals surface area contributed by atoms with Crippen LogP contribution in [0.3, 0.4) is 0 Å². The van der Waals surface area contributed by atoms with Crippen LogP contribution in [0.1, 0.15) is 32.6 Å². The van der Waals surface area contributed by atoms with Crippen molar-refractivity contribution in [3.05, 3.63) is 0 Å². The summed E-state index contributed by atoms with van der Waals surface area (Å²) >= 11 is 0. The Bertz CT molecular complexity index is 253. The maximum Gasteiger partial charge on any atom is 0.409 e. The number of aliphatic hydroxyl groups is 1. The van der Waals surface area contributed by atoms with E-state index in [1.807, 2.05) is 0 Å². The minimum Gasteiger partial charge on any atom is -0.447 e. The number of rotatable bonds is 7. The lowest BCUT2D eigenvalue weighted by atomic mass is 9.96. The van der Waals surface area contributed by atoms with Crippen molar-refractivity contribution in [1.29, 1.82) is 0 Å². The minimum atomic E-state index is -0.285. The normalized spacial score (nSPS) is 16.9. The van der Waals surface area contributed by atoms with Crippen molar-refractivity contribution in [2.24, 2.45) is 5.92 Å². The molecule has 19 heavy (non-hydrogen) atoms. The predicted octanol–water partition coefficient (Wildman–Crippen LogP) is 1.56. The fourth-order valence-electron chi connectivity index (χ4n) is 2.48. The third-order valence-electron chi connectivity index (χ3n) is 3.65. The van der Waals surface area contributed by atoms with Gasteiger partial charge in [0.1, 0.15) is 6.61 Å². The van der Waals surface area contributed by atoms with Crippen LogP contribution in [0.4, 0.5) is 4.79 Å². The van der Waals surface area contributed by atoms with Crippen molar-refractivity contribution in [2.45, 2.75) is 32.6 Å². The van der Waals surface area contributed by atoms with Gasteiger partial charge < -0.3 is 19.6 Å². The number of hydrogen-bond acceptors (Lipinski definition) is 4. The van der Waals surface area contributed by atoms with Crippen molar-refractivity contribution in [1.82, 2.24) is 9.80 Å². The first-order valence-electron chi connectivity index (χ1n) is 7.38. The maximum absolute atomic E-state index is 11.6. The van der Waals surface area contributed by atoms with Crippen molar-refractivity contribution in [3.63, 3.8) is 0 Å². The summed E-state index contributed by atoms with van der Waals surface area (Å²) in [6, 6.07) is 0. The van der Waals surface area contributed by atoms with Gasteiger partial charge >= 0.3 is 6.09 Å². The van der Waals surface area contributed by atoms with Gasteiger partial charge in [-0.15, -0.1) is 0 Å². The van der Waals surface area contributed by atoms with E-state index in [2.05, 4.69) is 18.9 Å². The Balaban J connectivity index is 2.19. The second kappa shape index (κ2) is 9.15. The summed E-state index contributed by atoms with van der Waals surface area (Å²) < 4.78 is 4.93. The van der Waals surface area contributed by atoms with Crippen LogP contribution in [0, 0.1) is 5.92 Å². The molecule has 0 saturated carbocycles. The van der Waals surface area contributed by atoms with Crippen LogP contribution in [0.25, 0.3) is 0 Å². The van der Waals surface area contributed by atoms with Crippen molar-refractivity contribution < 1.29 is 14.6 Å². The molecule has 1 aliphatic rings. The molecule has 1 aliphatic heterocycles. The zero-order valence-corrected chi connectivity index (χ0v) is 12.3. The molecule has 0 unspecified atom stereocenters. The van der Waals surface area contributed by atoms with Crippen LogP contribution in [-0.2, 0) is 4.74 Å². The van der Waals surface area contributed by atoms with Crippen LogP contribution in [0.2, 0.25) is 0 Å². The number of piperidine rings is 1. The highest BCUT2D eigenvalue weighted by Crippen LogP contribution is 2.18. The number of nitrogens with zero attached hydrogens (tertiary/aromatic N) is 2. The van der Waals surface area contributed by atoms with E-state index in [1.165, 1.54) is 12.8 Å². The highest BCUT2D eigenvalue weighted by atomic mass is 16.6. The van der Waals surface area contributed by atoms with E-state index < -0.39 is 0 Å². The van der Waals surface area contributed by atoms with Gasteiger partial charge in [-0.1, -0.05) is 13.3 Å². The predicted molar refractivity (Wildman–Crippen MR) is 75.1 cm³/mol. The maximum atomic E-state index is 11.6. The first-order valence-corrected chi connectivity index (χ1v) is 7.38. The Kier molecular flexibility index (Phi) is 7.82. The smallest absolute Gasteiger partial charge is 0.409 e. The number of likely N-dealkylation sites (tertiary alicyclic amines) is 1. The first-order chi connectivity index (χ1) is 9.17. The van der Waals surface area contributed by atoms with Crippen LogP contribution >= 0.6 is 0 Å². The Morgan fingerprint density at radius 2 is 2.11 bits per heavy atom. The molecule has 1 saturated heterocycles. The average Bonchev–Trinajstić information content (AvgIpc) is 2.43. The summed E-state index contributed by atoms with van der Waals surface area (Å²) in [4.78, 5) is 15.8. The monoisotopic (exact) mass is 272 g/mol. The molecule has 0 atom stereocenters. The van der Waals surface area contributed by atoms with Crippen molar-refractivity contribution in [3.8, 4) is 0 Å². The van der Waals surface area contributed by atoms with Crippen LogP contribution in [0.15, 0.2) is 0 Å². The van der Waals surface area contributed by atoms with Gasteiger partial charge in [0.2, 0.25) is 0 Å². The van der Waals surface area contributed by atoms with E-state index in [0.29, 0.717) is 5.92 Å². The number of aliphatic hydroxyl groups excluding tert-OH is 1. The Labute approximate surface area is 116 Å². The molecular formula is C14H28N2O3. The molecule has 0 aromatic rings. The SMILES string of the molecule is CCCCN(C)CC1CCN(C(=O)OCCO)CC1. The molecule has 1 rings (SSSR count). The Morgan fingerprint density at radius 3 is 2.68 bits per heavy atom. The fourth-order valence-corrected chi connectivity index (χ4v) is 2.48. The standard InChI is InChI=1S/C14H28N2O3/c1-3-4-7-15(2)12-13-5-8-16(9-6-13)14(18)19-11-10-17/h13,17H,3-12H2,1-2H3.